The predicted octanol–water partition coefficient (Wildman–Crippen LogP) is 4.19. The summed E-state index contributed by atoms with van der Waals surface area (Å²) in [6.45, 7) is 6.32. The summed E-state index contributed by atoms with van der Waals surface area (Å²) in [5, 5.41) is 2.09. The minimum atomic E-state index is 0.263. The van der Waals surface area contributed by atoms with Gasteiger partial charge in [0, 0.05) is 22.0 Å². The van der Waals surface area contributed by atoms with E-state index < -0.39 is 0 Å². The fourth-order valence-corrected chi connectivity index (χ4v) is 3.78. The highest BCUT2D eigenvalue weighted by Gasteiger charge is 2.07. The molecule has 0 radical (unpaired) electrons. The van der Waals surface area contributed by atoms with Gasteiger partial charge in [-0.2, -0.15) is 0 Å². The van der Waals surface area contributed by atoms with Gasteiger partial charge in [-0.05, 0) is 49.9 Å². The Morgan fingerprint density at radius 1 is 1.37 bits per heavy atom. The summed E-state index contributed by atoms with van der Waals surface area (Å²) in [5.74, 6) is 0. The summed E-state index contributed by atoms with van der Waals surface area (Å²) in [4.78, 5) is 5.73. The van der Waals surface area contributed by atoms with Crippen molar-refractivity contribution < 1.29 is 0 Å². The molecule has 2 aromatic rings. The fourth-order valence-electron chi connectivity index (χ4n) is 1.87. The fraction of sp³-hybridized carbons (Fsp3) is 0.400. The second-order valence-corrected chi connectivity index (χ2v) is 7.00. The van der Waals surface area contributed by atoms with Gasteiger partial charge < -0.3 is 5.73 Å². The second-order valence-electron chi connectivity index (χ2n) is 4.82. The van der Waals surface area contributed by atoms with E-state index in [1.54, 1.807) is 23.1 Å². The monoisotopic (exact) mass is 292 g/mol. The molecule has 19 heavy (non-hydrogen) atoms. The lowest BCUT2D eigenvalue weighted by atomic mass is 10.0. The van der Waals surface area contributed by atoms with Crippen molar-refractivity contribution in [2.45, 2.75) is 48.9 Å². The van der Waals surface area contributed by atoms with Gasteiger partial charge in [0.25, 0.3) is 0 Å². The van der Waals surface area contributed by atoms with Gasteiger partial charge in [-0.3, -0.25) is 0 Å². The predicted molar refractivity (Wildman–Crippen MR) is 84.1 cm³/mol. The maximum absolute atomic E-state index is 6.02. The molecule has 1 aromatic carbocycles. The first-order valence-corrected chi connectivity index (χ1v) is 8.23. The van der Waals surface area contributed by atoms with Crippen molar-refractivity contribution >= 4 is 23.1 Å². The zero-order valence-corrected chi connectivity index (χ0v) is 13.3. The third-order valence-electron chi connectivity index (χ3n) is 3.12. The van der Waals surface area contributed by atoms with Crippen molar-refractivity contribution in [2.75, 3.05) is 0 Å². The third-order valence-corrected chi connectivity index (χ3v) is 5.17. The van der Waals surface area contributed by atoms with Crippen molar-refractivity contribution in [3.05, 3.63) is 40.4 Å². The average molecular weight is 292 g/mol. The Morgan fingerprint density at radius 2 is 2.16 bits per heavy atom. The van der Waals surface area contributed by atoms with E-state index in [2.05, 4.69) is 42.4 Å². The first kappa shape index (κ1) is 14.6. The summed E-state index contributed by atoms with van der Waals surface area (Å²) < 4.78 is 1.11. The number of rotatable bonds is 5. The number of aryl methyl sites for hydroxylation is 2. The standard InChI is InChI=1S/C15H20N2S2/c1-4-13(16)8-12-5-6-14(7-10(12)2)19-15-17-11(3)9-18-15/h5-7,9,13H,4,8,16H2,1-3H3. The lowest BCUT2D eigenvalue weighted by molar-refractivity contribution is 0.644. The van der Waals surface area contributed by atoms with Gasteiger partial charge in [-0.1, -0.05) is 24.8 Å². The van der Waals surface area contributed by atoms with Gasteiger partial charge in [0.2, 0.25) is 0 Å². The molecule has 0 amide bonds. The molecule has 0 fully saturated rings. The molecule has 2 nitrogen and oxygen atoms in total. The number of hydrogen-bond donors (Lipinski definition) is 1. The highest BCUT2D eigenvalue weighted by Crippen LogP contribution is 2.31. The maximum atomic E-state index is 6.02. The smallest absolute Gasteiger partial charge is 0.154 e. The number of nitrogens with two attached hydrogens (primary N) is 1. The lowest BCUT2D eigenvalue weighted by Crippen LogP contribution is -2.21. The van der Waals surface area contributed by atoms with Crippen LogP contribution >= 0.6 is 23.1 Å². The maximum Gasteiger partial charge on any atom is 0.154 e. The Kier molecular flexibility index (Phi) is 5.02. The largest absolute Gasteiger partial charge is 0.327 e. The number of hydrogen-bond acceptors (Lipinski definition) is 4. The average Bonchev–Trinajstić information content (AvgIpc) is 2.78. The van der Waals surface area contributed by atoms with Crippen LogP contribution in [0.3, 0.4) is 0 Å². The number of aromatic nitrogens is 1. The Labute approximate surface area is 123 Å². The number of benzene rings is 1. The zero-order valence-electron chi connectivity index (χ0n) is 11.6. The number of thiazole rings is 1. The van der Waals surface area contributed by atoms with Crippen LogP contribution in [0.2, 0.25) is 0 Å². The first-order valence-electron chi connectivity index (χ1n) is 6.53. The molecule has 0 aliphatic rings. The van der Waals surface area contributed by atoms with Crippen molar-refractivity contribution in [3.8, 4) is 0 Å². The van der Waals surface area contributed by atoms with E-state index in [1.165, 1.54) is 16.0 Å². The van der Waals surface area contributed by atoms with Crippen LogP contribution in [0.25, 0.3) is 0 Å². The summed E-state index contributed by atoms with van der Waals surface area (Å²) >= 11 is 3.43. The molecule has 2 N–H and O–H groups in total. The first-order chi connectivity index (χ1) is 9.08. The molecule has 0 bridgehead atoms. The number of nitrogens with zero attached hydrogens (tertiary/aromatic N) is 1. The quantitative estimate of drug-likeness (QED) is 0.898. The molecule has 0 saturated carbocycles. The molecule has 1 heterocycles. The SMILES string of the molecule is CCC(N)Cc1ccc(Sc2nc(C)cs2)cc1C. The summed E-state index contributed by atoms with van der Waals surface area (Å²) in [5.41, 5.74) is 9.79. The van der Waals surface area contributed by atoms with E-state index in [0.29, 0.717) is 0 Å². The highest BCUT2D eigenvalue weighted by atomic mass is 32.2. The molecule has 0 aliphatic heterocycles. The molecule has 0 aliphatic carbocycles. The topological polar surface area (TPSA) is 38.9 Å². The van der Waals surface area contributed by atoms with Crippen molar-refractivity contribution in [3.63, 3.8) is 0 Å². The van der Waals surface area contributed by atoms with Crippen molar-refractivity contribution in [2.24, 2.45) is 5.73 Å². The second kappa shape index (κ2) is 6.55. The molecule has 4 heteroatoms. The van der Waals surface area contributed by atoms with Crippen LogP contribution in [0.1, 0.15) is 30.2 Å². The van der Waals surface area contributed by atoms with Gasteiger partial charge in [0.05, 0.1) is 0 Å². The molecule has 1 unspecified atom stereocenters. The Bertz CT molecular complexity index is 549. The zero-order chi connectivity index (χ0) is 13.8. The van der Waals surface area contributed by atoms with E-state index in [1.807, 2.05) is 6.92 Å². The van der Waals surface area contributed by atoms with Crippen LogP contribution in [-0.4, -0.2) is 11.0 Å². The molecule has 1 atom stereocenters. The van der Waals surface area contributed by atoms with Gasteiger partial charge in [0.15, 0.2) is 4.34 Å². The van der Waals surface area contributed by atoms with Gasteiger partial charge in [0.1, 0.15) is 0 Å². The summed E-state index contributed by atoms with van der Waals surface area (Å²) in [6.07, 6.45) is 1.98. The minimum Gasteiger partial charge on any atom is -0.327 e. The molecule has 102 valence electrons. The van der Waals surface area contributed by atoms with E-state index in [0.717, 1.165) is 22.9 Å². The third kappa shape index (κ3) is 4.06. The molecule has 2 rings (SSSR count). The highest BCUT2D eigenvalue weighted by molar-refractivity contribution is 8.01. The molecule has 0 saturated heterocycles. The lowest BCUT2D eigenvalue weighted by Gasteiger charge is -2.12. The van der Waals surface area contributed by atoms with Crippen LogP contribution in [0.5, 0.6) is 0 Å². The van der Waals surface area contributed by atoms with E-state index >= 15 is 0 Å². The van der Waals surface area contributed by atoms with Crippen molar-refractivity contribution in [1.29, 1.82) is 0 Å². The molecule has 1 aromatic heterocycles. The molecule has 0 spiro atoms. The van der Waals surface area contributed by atoms with E-state index in [-0.39, 0.29) is 6.04 Å². The van der Waals surface area contributed by atoms with Crippen molar-refractivity contribution in [1.82, 2.24) is 4.98 Å². The van der Waals surface area contributed by atoms with Crippen LogP contribution in [0.15, 0.2) is 32.8 Å². The Hall–Kier alpha value is -0.840. The van der Waals surface area contributed by atoms with Gasteiger partial charge in [-0.15, -0.1) is 11.3 Å². The van der Waals surface area contributed by atoms with Crippen LogP contribution in [-0.2, 0) is 6.42 Å². The Balaban J connectivity index is 2.10. The Morgan fingerprint density at radius 3 is 2.74 bits per heavy atom. The van der Waals surface area contributed by atoms with E-state index in [9.17, 15) is 0 Å². The normalized spacial score (nSPS) is 12.6. The minimum absolute atomic E-state index is 0.263. The van der Waals surface area contributed by atoms with Crippen LogP contribution in [0.4, 0.5) is 0 Å². The summed E-state index contributed by atoms with van der Waals surface area (Å²) in [6, 6.07) is 6.87. The van der Waals surface area contributed by atoms with E-state index in [4.69, 9.17) is 5.73 Å². The van der Waals surface area contributed by atoms with Gasteiger partial charge >= 0.3 is 0 Å². The summed E-state index contributed by atoms with van der Waals surface area (Å²) in [7, 11) is 0. The molecular formula is C15H20N2S2. The van der Waals surface area contributed by atoms with Crippen LogP contribution in [0, 0.1) is 13.8 Å². The van der Waals surface area contributed by atoms with Gasteiger partial charge in [-0.25, -0.2) is 4.98 Å². The van der Waals surface area contributed by atoms with Crippen LogP contribution < -0.4 is 5.73 Å². The molecular weight excluding hydrogens is 272 g/mol.